The van der Waals surface area contributed by atoms with E-state index in [0.717, 1.165) is 13.2 Å². The number of carbonyl (C=O) groups is 1. The molecule has 1 N–H and O–H groups in total. The van der Waals surface area contributed by atoms with Crippen LogP contribution in [0.1, 0.15) is 0 Å². The molecule has 1 saturated heterocycles. The lowest BCUT2D eigenvalue weighted by Gasteiger charge is -2.32. The van der Waals surface area contributed by atoms with E-state index in [0.29, 0.717) is 13.2 Å². The van der Waals surface area contributed by atoms with Gasteiger partial charge in [-0.2, -0.15) is 0 Å². The molecule has 0 aromatic rings. The van der Waals surface area contributed by atoms with Crippen molar-refractivity contribution in [3.63, 3.8) is 0 Å². The van der Waals surface area contributed by atoms with E-state index in [9.17, 15) is 4.79 Å². The van der Waals surface area contributed by atoms with Crippen LogP contribution in [-0.2, 0) is 9.53 Å². The van der Waals surface area contributed by atoms with Crippen LogP contribution in [0, 0.1) is 0 Å². The van der Waals surface area contributed by atoms with Crippen LogP contribution in [0.15, 0.2) is 12.7 Å². The average Bonchev–Trinajstić information content (AvgIpc) is 2.16. The second-order valence-corrected chi connectivity index (χ2v) is 3.16. The molecule has 1 amide bonds. The highest BCUT2D eigenvalue weighted by atomic mass is 16.5. The van der Waals surface area contributed by atoms with E-state index in [1.807, 2.05) is 7.05 Å². The molecule has 1 atom stereocenters. The van der Waals surface area contributed by atoms with E-state index in [-0.39, 0.29) is 11.9 Å². The Kier molecular flexibility index (Phi) is 3.92. The number of morpholine rings is 1. The maximum Gasteiger partial charge on any atom is 0.243 e. The van der Waals surface area contributed by atoms with Gasteiger partial charge in [0.2, 0.25) is 5.91 Å². The highest BCUT2D eigenvalue weighted by Crippen LogP contribution is 2.02. The topological polar surface area (TPSA) is 41.6 Å². The molecular weight excluding hydrogens is 168 g/mol. The molecule has 1 aliphatic rings. The fraction of sp³-hybridized carbons (Fsp3) is 0.667. The first kappa shape index (κ1) is 10.2. The number of amides is 1. The van der Waals surface area contributed by atoms with E-state index in [2.05, 4.69) is 16.8 Å². The molecule has 13 heavy (non-hydrogen) atoms. The zero-order valence-corrected chi connectivity index (χ0v) is 7.95. The molecule has 0 radical (unpaired) electrons. The van der Waals surface area contributed by atoms with E-state index in [1.54, 1.807) is 0 Å². The van der Waals surface area contributed by atoms with Crippen molar-refractivity contribution in [2.75, 3.05) is 33.4 Å². The van der Waals surface area contributed by atoms with Gasteiger partial charge in [-0.05, 0) is 13.1 Å². The maximum atomic E-state index is 10.9. The van der Waals surface area contributed by atoms with Crippen molar-refractivity contribution in [3.05, 3.63) is 12.7 Å². The summed E-state index contributed by atoms with van der Waals surface area (Å²) in [5.74, 6) is -0.126. The zero-order valence-electron chi connectivity index (χ0n) is 7.95. The minimum absolute atomic E-state index is 0.126. The molecule has 1 unspecified atom stereocenters. The summed E-state index contributed by atoms with van der Waals surface area (Å²) < 4.78 is 5.30. The van der Waals surface area contributed by atoms with Crippen LogP contribution in [0.4, 0.5) is 0 Å². The third-order valence-corrected chi connectivity index (χ3v) is 2.22. The monoisotopic (exact) mass is 184 g/mol. The van der Waals surface area contributed by atoms with E-state index >= 15 is 0 Å². The van der Waals surface area contributed by atoms with Gasteiger partial charge in [0.25, 0.3) is 0 Å². The van der Waals surface area contributed by atoms with Crippen LogP contribution >= 0.6 is 0 Å². The van der Waals surface area contributed by atoms with Crippen LogP contribution in [0.25, 0.3) is 0 Å². The summed E-state index contributed by atoms with van der Waals surface area (Å²) in [6, 6.07) is 0.289. The standard InChI is InChI=1S/C9H16N2O2/c1-3-9(12)10-6-8-7-13-5-4-11(8)2/h3,8H,1,4-7H2,2H3,(H,10,12). The molecule has 0 aromatic heterocycles. The average molecular weight is 184 g/mol. The highest BCUT2D eigenvalue weighted by molar-refractivity contribution is 5.86. The van der Waals surface area contributed by atoms with Crippen molar-refractivity contribution >= 4 is 5.91 Å². The smallest absolute Gasteiger partial charge is 0.243 e. The predicted octanol–water partition coefficient (Wildman–Crippen LogP) is -0.381. The normalized spacial score (nSPS) is 23.9. The van der Waals surface area contributed by atoms with Crippen molar-refractivity contribution < 1.29 is 9.53 Å². The lowest BCUT2D eigenvalue weighted by atomic mass is 10.2. The molecular formula is C9H16N2O2. The van der Waals surface area contributed by atoms with Gasteiger partial charge in [-0.25, -0.2) is 0 Å². The second kappa shape index (κ2) is 4.99. The lowest BCUT2D eigenvalue weighted by Crippen LogP contribution is -2.49. The number of nitrogens with zero attached hydrogens (tertiary/aromatic N) is 1. The number of ether oxygens (including phenoxy) is 1. The number of rotatable bonds is 3. The van der Waals surface area contributed by atoms with Crippen LogP contribution < -0.4 is 5.32 Å². The Hall–Kier alpha value is -0.870. The van der Waals surface area contributed by atoms with E-state index < -0.39 is 0 Å². The highest BCUT2D eigenvalue weighted by Gasteiger charge is 2.19. The van der Waals surface area contributed by atoms with Crippen LogP contribution in [0.3, 0.4) is 0 Å². The molecule has 1 aliphatic heterocycles. The first-order valence-electron chi connectivity index (χ1n) is 4.42. The molecule has 4 heteroatoms. The first-order chi connectivity index (χ1) is 6.24. The summed E-state index contributed by atoms with van der Waals surface area (Å²) >= 11 is 0. The Morgan fingerprint density at radius 1 is 1.85 bits per heavy atom. The van der Waals surface area contributed by atoms with Crippen molar-refractivity contribution in [2.45, 2.75) is 6.04 Å². The molecule has 0 spiro atoms. The number of likely N-dealkylation sites (N-methyl/N-ethyl adjacent to an activating group) is 1. The van der Waals surface area contributed by atoms with Gasteiger partial charge in [0.1, 0.15) is 0 Å². The molecule has 0 saturated carbocycles. The molecule has 74 valence electrons. The molecule has 0 aromatic carbocycles. The maximum absolute atomic E-state index is 10.9. The minimum atomic E-state index is -0.126. The number of hydrogen-bond donors (Lipinski definition) is 1. The van der Waals surface area contributed by atoms with Gasteiger partial charge in [-0.15, -0.1) is 0 Å². The summed E-state index contributed by atoms with van der Waals surface area (Å²) in [7, 11) is 2.03. The SMILES string of the molecule is C=CC(=O)NCC1COCCN1C. The van der Waals surface area contributed by atoms with Crippen LogP contribution in [0.2, 0.25) is 0 Å². The van der Waals surface area contributed by atoms with E-state index in [4.69, 9.17) is 4.74 Å². The molecule has 1 fully saturated rings. The molecule has 0 bridgehead atoms. The largest absolute Gasteiger partial charge is 0.378 e. The first-order valence-corrected chi connectivity index (χ1v) is 4.42. The van der Waals surface area contributed by atoms with Gasteiger partial charge in [0, 0.05) is 13.1 Å². The van der Waals surface area contributed by atoms with Crippen molar-refractivity contribution in [1.29, 1.82) is 0 Å². The van der Waals surface area contributed by atoms with Crippen molar-refractivity contribution in [3.8, 4) is 0 Å². The summed E-state index contributed by atoms with van der Waals surface area (Å²) in [6.07, 6.45) is 1.28. The third kappa shape index (κ3) is 3.16. The molecule has 4 nitrogen and oxygen atoms in total. The molecule has 0 aliphatic carbocycles. The third-order valence-electron chi connectivity index (χ3n) is 2.22. The van der Waals surface area contributed by atoms with Crippen molar-refractivity contribution in [2.24, 2.45) is 0 Å². The Morgan fingerprint density at radius 3 is 3.23 bits per heavy atom. The lowest BCUT2D eigenvalue weighted by molar-refractivity contribution is -0.117. The molecule has 1 heterocycles. The van der Waals surface area contributed by atoms with Gasteiger partial charge in [0.05, 0.1) is 19.3 Å². The Morgan fingerprint density at radius 2 is 2.62 bits per heavy atom. The van der Waals surface area contributed by atoms with E-state index in [1.165, 1.54) is 6.08 Å². The number of carbonyl (C=O) groups excluding carboxylic acids is 1. The fourth-order valence-electron chi connectivity index (χ4n) is 1.24. The predicted molar refractivity (Wildman–Crippen MR) is 50.4 cm³/mol. The molecule has 1 rings (SSSR count). The summed E-state index contributed by atoms with van der Waals surface area (Å²) in [5, 5.41) is 2.75. The van der Waals surface area contributed by atoms with Crippen LogP contribution in [-0.4, -0.2) is 50.2 Å². The quantitative estimate of drug-likeness (QED) is 0.608. The summed E-state index contributed by atoms with van der Waals surface area (Å²) in [4.78, 5) is 13.1. The Balaban J connectivity index is 2.26. The van der Waals surface area contributed by atoms with Crippen molar-refractivity contribution in [1.82, 2.24) is 10.2 Å². The summed E-state index contributed by atoms with van der Waals surface area (Å²) in [5.41, 5.74) is 0. The van der Waals surface area contributed by atoms with Gasteiger partial charge in [0.15, 0.2) is 0 Å². The fourth-order valence-corrected chi connectivity index (χ4v) is 1.24. The summed E-state index contributed by atoms with van der Waals surface area (Å²) in [6.45, 7) is 6.41. The van der Waals surface area contributed by atoms with Gasteiger partial charge in [-0.3, -0.25) is 9.69 Å². The Bertz CT molecular complexity index is 194. The number of nitrogens with one attached hydrogen (secondary N) is 1. The zero-order chi connectivity index (χ0) is 9.68. The minimum Gasteiger partial charge on any atom is -0.378 e. The van der Waals surface area contributed by atoms with Gasteiger partial charge >= 0.3 is 0 Å². The Labute approximate surface area is 78.5 Å². The van der Waals surface area contributed by atoms with Gasteiger partial charge < -0.3 is 10.1 Å². The van der Waals surface area contributed by atoms with Crippen LogP contribution in [0.5, 0.6) is 0 Å². The number of hydrogen-bond acceptors (Lipinski definition) is 3. The second-order valence-electron chi connectivity index (χ2n) is 3.16. The van der Waals surface area contributed by atoms with Gasteiger partial charge in [-0.1, -0.05) is 6.58 Å².